The number of primary amides is 1. The van der Waals surface area contributed by atoms with E-state index in [-0.39, 0.29) is 6.54 Å². The Hall–Kier alpha value is -4.39. The molecule has 2 aromatic rings. The Labute approximate surface area is 216 Å². The van der Waals surface area contributed by atoms with E-state index in [1.54, 1.807) is 52.0 Å². The van der Waals surface area contributed by atoms with Gasteiger partial charge >= 0.3 is 6.09 Å². The molecule has 0 fully saturated rings. The normalized spacial score (nSPS) is 12.4. The number of amides is 4. The number of nitrogens with one attached hydrogen (secondary N) is 2. The van der Waals surface area contributed by atoms with Crippen molar-refractivity contribution in [1.29, 1.82) is 5.26 Å². The number of benzene rings is 2. The van der Waals surface area contributed by atoms with Gasteiger partial charge in [0.2, 0.25) is 17.7 Å². The van der Waals surface area contributed by atoms with Crippen molar-refractivity contribution in [3.05, 3.63) is 71.3 Å². The molecule has 196 valence electrons. The topological polar surface area (TPSA) is 155 Å². The molecule has 2 atom stereocenters. The summed E-state index contributed by atoms with van der Waals surface area (Å²) >= 11 is 0. The summed E-state index contributed by atoms with van der Waals surface area (Å²) in [7, 11) is 0. The van der Waals surface area contributed by atoms with Crippen LogP contribution in [0.4, 0.5) is 4.79 Å². The number of hydrogen-bond donors (Lipinski definition) is 3. The maximum atomic E-state index is 13.7. The number of nitriles is 1. The third kappa shape index (κ3) is 8.96. The highest BCUT2D eigenvalue weighted by molar-refractivity contribution is 5.94. The molecule has 0 radical (unpaired) electrons. The molecule has 0 aliphatic heterocycles. The molecule has 10 heteroatoms. The van der Waals surface area contributed by atoms with E-state index in [1.165, 1.54) is 0 Å². The molecule has 0 bridgehead atoms. The number of hydrogen-bond acceptors (Lipinski definition) is 6. The maximum absolute atomic E-state index is 13.7. The van der Waals surface area contributed by atoms with Crippen LogP contribution in [0.5, 0.6) is 0 Å². The fourth-order valence-electron chi connectivity index (χ4n) is 3.65. The summed E-state index contributed by atoms with van der Waals surface area (Å²) in [6.07, 6.45) is -1.49. The van der Waals surface area contributed by atoms with E-state index in [0.29, 0.717) is 11.1 Å². The fraction of sp³-hybridized carbons (Fsp3) is 0.370. The van der Waals surface area contributed by atoms with Gasteiger partial charge in [0.25, 0.3) is 0 Å². The smallest absolute Gasteiger partial charge is 0.408 e. The Balaban J connectivity index is 2.45. The van der Waals surface area contributed by atoms with Crippen LogP contribution < -0.4 is 16.4 Å². The van der Waals surface area contributed by atoms with Crippen LogP contribution in [0.3, 0.4) is 0 Å². The third-order valence-corrected chi connectivity index (χ3v) is 5.27. The Morgan fingerprint density at radius 1 is 1.05 bits per heavy atom. The summed E-state index contributed by atoms with van der Waals surface area (Å²) in [6.45, 7) is 6.42. The zero-order valence-corrected chi connectivity index (χ0v) is 21.5. The second-order valence-corrected chi connectivity index (χ2v) is 9.46. The quantitative estimate of drug-likeness (QED) is 0.420. The van der Waals surface area contributed by atoms with E-state index in [4.69, 9.17) is 10.5 Å². The van der Waals surface area contributed by atoms with E-state index in [2.05, 4.69) is 10.6 Å². The first kappa shape index (κ1) is 28.8. The van der Waals surface area contributed by atoms with Crippen LogP contribution in [0, 0.1) is 18.3 Å². The van der Waals surface area contributed by atoms with Gasteiger partial charge in [0.05, 0.1) is 12.5 Å². The van der Waals surface area contributed by atoms with Crippen molar-refractivity contribution >= 4 is 23.8 Å². The standard InChI is InChI=1S/C27H33N5O5/c1-18-10-8-9-13-20(18)23(24(34)30-17-19-11-6-5-7-12-19)32(15-14-28)25(35)21(16-22(29)33)31-26(36)37-27(2,3)4/h5-13,21,23H,15-17H2,1-4H3,(H2,29,33)(H,30,34)(H,31,36). The minimum atomic E-state index is -1.45. The predicted octanol–water partition coefficient (Wildman–Crippen LogP) is 2.47. The highest BCUT2D eigenvalue weighted by atomic mass is 16.6. The number of nitrogens with zero attached hydrogens (tertiary/aromatic N) is 2. The second kappa shape index (κ2) is 13.1. The molecule has 0 saturated heterocycles. The maximum Gasteiger partial charge on any atom is 0.408 e. The van der Waals surface area contributed by atoms with Crippen LogP contribution in [0.1, 0.15) is 49.9 Å². The molecular weight excluding hydrogens is 474 g/mol. The average Bonchev–Trinajstić information content (AvgIpc) is 2.82. The van der Waals surface area contributed by atoms with Crippen LogP contribution in [0.25, 0.3) is 0 Å². The van der Waals surface area contributed by atoms with Crippen LogP contribution in [-0.2, 0) is 25.7 Å². The molecule has 2 aromatic carbocycles. The molecule has 2 rings (SSSR count). The fourth-order valence-corrected chi connectivity index (χ4v) is 3.65. The molecule has 0 aliphatic carbocycles. The first-order chi connectivity index (χ1) is 17.4. The molecule has 0 spiro atoms. The van der Waals surface area contributed by atoms with Crippen LogP contribution in [0.15, 0.2) is 54.6 Å². The van der Waals surface area contributed by atoms with Gasteiger partial charge in [-0.15, -0.1) is 0 Å². The minimum Gasteiger partial charge on any atom is -0.444 e. The predicted molar refractivity (Wildman–Crippen MR) is 137 cm³/mol. The van der Waals surface area contributed by atoms with Gasteiger partial charge in [0.15, 0.2) is 0 Å². The van der Waals surface area contributed by atoms with E-state index in [0.717, 1.165) is 10.5 Å². The number of aryl methyl sites for hydroxylation is 1. The van der Waals surface area contributed by atoms with Gasteiger partial charge in [-0.25, -0.2) is 4.79 Å². The van der Waals surface area contributed by atoms with Crippen molar-refractivity contribution in [2.45, 2.75) is 58.3 Å². The van der Waals surface area contributed by atoms with Crippen molar-refractivity contribution in [3.63, 3.8) is 0 Å². The number of carbonyl (C=O) groups excluding carboxylic acids is 4. The third-order valence-electron chi connectivity index (χ3n) is 5.27. The van der Waals surface area contributed by atoms with Gasteiger partial charge < -0.3 is 26.0 Å². The zero-order chi connectivity index (χ0) is 27.6. The molecule has 37 heavy (non-hydrogen) atoms. The molecular formula is C27H33N5O5. The Bertz CT molecular complexity index is 1150. The summed E-state index contributed by atoms with van der Waals surface area (Å²) in [4.78, 5) is 52.4. The summed E-state index contributed by atoms with van der Waals surface area (Å²) in [6, 6.07) is 15.4. The lowest BCUT2D eigenvalue weighted by molar-refractivity contribution is -0.142. The average molecular weight is 508 g/mol. The van der Waals surface area contributed by atoms with Crippen LogP contribution >= 0.6 is 0 Å². The van der Waals surface area contributed by atoms with Gasteiger partial charge in [-0.1, -0.05) is 54.6 Å². The van der Waals surface area contributed by atoms with Gasteiger partial charge in [-0.05, 0) is 44.4 Å². The van der Waals surface area contributed by atoms with Crippen LogP contribution in [-0.4, -0.2) is 46.9 Å². The highest BCUT2D eigenvalue weighted by Gasteiger charge is 2.37. The summed E-state index contributed by atoms with van der Waals surface area (Å²) in [5, 5.41) is 14.8. The zero-order valence-electron chi connectivity index (χ0n) is 21.5. The lowest BCUT2D eigenvalue weighted by Gasteiger charge is -2.33. The van der Waals surface area contributed by atoms with E-state index in [1.807, 2.05) is 36.4 Å². The molecule has 10 nitrogen and oxygen atoms in total. The molecule has 0 aromatic heterocycles. The van der Waals surface area contributed by atoms with Gasteiger partial charge in [-0.3, -0.25) is 14.4 Å². The molecule has 4 amide bonds. The van der Waals surface area contributed by atoms with Crippen molar-refractivity contribution in [3.8, 4) is 6.07 Å². The second-order valence-electron chi connectivity index (χ2n) is 9.46. The van der Waals surface area contributed by atoms with Gasteiger partial charge in [0, 0.05) is 6.54 Å². The van der Waals surface area contributed by atoms with Crippen molar-refractivity contribution in [1.82, 2.24) is 15.5 Å². The number of nitrogens with two attached hydrogens (primary N) is 1. The van der Waals surface area contributed by atoms with E-state index < -0.39 is 54.5 Å². The number of carbonyl (C=O) groups is 4. The monoisotopic (exact) mass is 507 g/mol. The number of ether oxygens (including phenoxy) is 1. The molecule has 4 N–H and O–H groups in total. The van der Waals surface area contributed by atoms with Crippen molar-refractivity contribution in [2.75, 3.05) is 6.54 Å². The SMILES string of the molecule is Cc1ccccc1C(C(=O)NCc1ccccc1)N(CC#N)C(=O)C(CC(N)=O)NC(=O)OC(C)(C)C. The first-order valence-electron chi connectivity index (χ1n) is 11.8. The summed E-state index contributed by atoms with van der Waals surface area (Å²) < 4.78 is 5.22. The summed E-state index contributed by atoms with van der Waals surface area (Å²) in [5.74, 6) is -2.21. The molecule has 2 unspecified atom stereocenters. The van der Waals surface area contributed by atoms with Crippen LogP contribution in [0.2, 0.25) is 0 Å². The van der Waals surface area contributed by atoms with E-state index in [9.17, 15) is 24.4 Å². The molecule has 0 aliphatic rings. The lowest BCUT2D eigenvalue weighted by Crippen LogP contribution is -2.54. The van der Waals surface area contributed by atoms with E-state index >= 15 is 0 Å². The number of alkyl carbamates (subject to hydrolysis) is 1. The lowest BCUT2D eigenvalue weighted by atomic mass is 9.97. The molecule has 0 heterocycles. The van der Waals surface area contributed by atoms with Gasteiger partial charge in [0.1, 0.15) is 24.2 Å². The largest absolute Gasteiger partial charge is 0.444 e. The molecule has 0 saturated carbocycles. The Kier molecular flexibility index (Phi) is 10.2. The van der Waals surface area contributed by atoms with Crippen molar-refractivity contribution < 1.29 is 23.9 Å². The highest BCUT2D eigenvalue weighted by Crippen LogP contribution is 2.26. The van der Waals surface area contributed by atoms with Gasteiger partial charge in [-0.2, -0.15) is 5.26 Å². The Morgan fingerprint density at radius 2 is 1.68 bits per heavy atom. The first-order valence-corrected chi connectivity index (χ1v) is 11.8. The van der Waals surface area contributed by atoms with Crippen molar-refractivity contribution in [2.24, 2.45) is 5.73 Å². The Morgan fingerprint density at radius 3 is 2.24 bits per heavy atom. The minimum absolute atomic E-state index is 0.192. The summed E-state index contributed by atoms with van der Waals surface area (Å²) in [5.41, 5.74) is 6.53. The number of rotatable bonds is 10.